The number of nitrogens with one attached hydrogen (secondary N) is 2. The Kier molecular flexibility index (Phi) is 8.24. The second-order valence-corrected chi connectivity index (χ2v) is 7.58. The molecular formula is C20H36N4O2. The Hall–Kier alpha value is -1.11. The molecule has 2 fully saturated rings. The summed E-state index contributed by atoms with van der Waals surface area (Å²) in [7, 11) is 1.86. The first-order valence-corrected chi connectivity index (χ1v) is 10.4. The van der Waals surface area contributed by atoms with Crippen LogP contribution in [0.5, 0.6) is 0 Å². The third kappa shape index (κ3) is 5.96. The van der Waals surface area contributed by atoms with Gasteiger partial charge in [0.1, 0.15) is 0 Å². The van der Waals surface area contributed by atoms with E-state index < -0.39 is 0 Å². The largest absolute Gasteiger partial charge is 0.381 e. The number of hydrogen-bond acceptors (Lipinski definition) is 4. The molecule has 2 atom stereocenters. The minimum Gasteiger partial charge on any atom is -0.381 e. The standard InChI is InChI=1S/C20H36N4O2/c1-21-20(22-9-7-17-5-3-2-4-6-17)23-15-19(18-8-12-26-16-18)24-10-13-25-14-11-24/h5,18-19H,2-4,6-16H2,1H3,(H2,21,22,23). The van der Waals surface area contributed by atoms with Gasteiger partial charge in [-0.2, -0.15) is 0 Å². The molecule has 0 bridgehead atoms. The van der Waals surface area contributed by atoms with Crippen LogP contribution in [0.25, 0.3) is 0 Å². The highest BCUT2D eigenvalue weighted by Crippen LogP contribution is 2.22. The summed E-state index contributed by atoms with van der Waals surface area (Å²) in [5.74, 6) is 1.52. The van der Waals surface area contributed by atoms with Crippen LogP contribution in [-0.2, 0) is 9.47 Å². The Morgan fingerprint density at radius 2 is 2.12 bits per heavy atom. The van der Waals surface area contributed by atoms with E-state index in [0.29, 0.717) is 12.0 Å². The second kappa shape index (κ2) is 10.9. The van der Waals surface area contributed by atoms with Gasteiger partial charge in [0, 0.05) is 51.8 Å². The minimum absolute atomic E-state index is 0.487. The maximum atomic E-state index is 5.66. The van der Waals surface area contributed by atoms with Crippen LogP contribution in [-0.4, -0.2) is 76.6 Å². The summed E-state index contributed by atoms with van der Waals surface area (Å²) in [4.78, 5) is 6.98. The Balaban J connectivity index is 1.45. The van der Waals surface area contributed by atoms with E-state index in [4.69, 9.17) is 9.47 Å². The van der Waals surface area contributed by atoms with Crippen molar-refractivity contribution < 1.29 is 9.47 Å². The summed E-state index contributed by atoms with van der Waals surface area (Å²) in [6.07, 6.45) is 9.95. The summed E-state index contributed by atoms with van der Waals surface area (Å²) in [5, 5.41) is 7.05. The molecule has 2 heterocycles. The highest BCUT2D eigenvalue weighted by Gasteiger charge is 2.31. The molecule has 2 aliphatic heterocycles. The number of morpholine rings is 1. The Morgan fingerprint density at radius 1 is 1.23 bits per heavy atom. The minimum atomic E-state index is 0.487. The van der Waals surface area contributed by atoms with E-state index >= 15 is 0 Å². The molecule has 3 rings (SSSR count). The van der Waals surface area contributed by atoms with Crippen molar-refractivity contribution in [1.82, 2.24) is 15.5 Å². The molecule has 6 heteroatoms. The van der Waals surface area contributed by atoms with E-state index in [9.17, 15) is 0 Å². The average Bonchev–Trinajstić information content (AvgIpc) is 3.23. The zero-order chi connectivity index (χ0) is 18.0. The van der Waals surface area contributed by atoms with Crippen molar-refractivity contribution in [3.8, 4) is 0 Å². The van der Waals surface area contributed by atoms with E-state index in [2.05, 4.69) is 26.6 Å². The van der Waals surface area contributed by atoms with Gasteiger partial charge in [0.2, 0.25) is 0 Å². The van der Waals surface area contributed by atoms with Crippen LogP contribution in [0, 0.1) is 5.92 Å². The summed E-state index contributed by atoms with van der Waals surface area (Å²) < 4.78 is 11.2. The molecule has 0 spiro atoms. The molecule has 1 aliphatic carbocycles. The van der Waals surface area contributed by atoms with Gasteiger partial charge >= 0.3 is 0 Å². The van der Waals surface area contributed by atoms with Gasteiger partial charge in [0.15, 0.2) is 5.96 Å². The van der Waals surface area contributed by atoms with Crippen molar-refractivity contribution in [2.75, 3.05) is 59.7 Å². The Labute approximate surface area is 158 Å². The molecule has 0 aromatic rings. The smallest absolute Gasteiger partial charge is 0.191 e. The lowest BCUT2D eigenvalue weighted by Crippen LogP contribution is -2.53. The van der Waals surface area contributed by atoms with Crippen LogP contribution in [0.15, 0.2) is 16.6 Å². The molecule has 2 unspecified atom stereocenters. The van der Waals surface area contributed by atoms with Gasteiger partial charge in [0.05, 0.1) is 19.8 Å². The molecule has 26 heavy (non-hydrogen) atoms. The first-order chi connectivity index (χ1) is 12.9. The molecule has 2 N–H and O–H groups in total. The maximum Gasteiger partial charge on any atom is 0.191 e. The molecule has 0 aromatic carbocycles. The topological polar surface area (TPSA) is 58.1 Å². The molecule has 0 amide bonds. The predicted molar refractivity (Wildman–Crippen MR) is 106 cm³/mol. The van der Waals surface area contributed by atoms with Gasteiger partial charge in [-0.05, 0) is 38.5 Å². The molecule has 148 valence electrons. The zero-order valence-electron chi connectivity index (χ0n) is 16.3. The maximum absolute atomic E-state index is 5.66. The fraction of sp³-hybridized carbons (Fsp3) is 0.850. The van der Waals surface area contributed by atoms with Crippen molar-refractivity contribution in [2.24, 2.45) is 10.9 Å². The predicted octanol–water partition coefficient (Wildman–Crippen LogP) is 1.78. The number of hydrogen-bond donors (Lipinski definition) is 2. The van der Waals surface area contributed by atoms with Crippen molar-refractivity contribution in [3.63, 3.8) is 0 Å². The molecule has 6 nitrogen and oxygen atoms in total. The van der Waals surface area contributed by atoms with Crippen molar-refractivity contribution in [1.29, 1.82) is 0 Å². The van der Waals surface area contributed by atoms with Crippen molar-refractivity contribution >= 4 is 5.96 Å². The monoisotopic (exact) mass is 364 g/mol. The van der Waals surface area contributed by atoms with Gasteiger partial charge < -0.3 is 20.1 Å². The first-order valence-electron chi connectivity index (χ1n) is 10.4. The van der Waals surface area contributed by atoms with Crippen LogP contribution in [0.2, 0.25) is 0 Å². The molecule has 0 aromatic heterocycles. The third-order valence-electron chi connectivity index (χ3n) is 5.85. The van der Waals surface area contributed by atoms with Gasteiger partial charge in [-0.25, -0.2) is 0 Å². The second-order valence-electron chi connectivity index (χ2n) is 7.58. The molecule has 0 radical (unpaired) electrons. The SMILES string of the molecule is CN=C(NCCC1=CCCCC1)NCC(C1CCOC1)N1CCOCC1. The quantitative estimate of drug-likeness (QED) is 0.410. The lowest BCUT2D eigenvalue weighted by molar-refractivity contribution is 0.00247. The first kappa shape index (κ1) is 19.6. The number of rotatable bonds is 7. The lowest BCUT2D eigenvalue weighted by atomic mass is 9.97. The fourth-order valence-corrected chi connectivity index (χ4v) is 4.25. The molecule has 0 saturated carbocycles. The van der Waals surface area contributed by atoms with E-state index in [1.54, 1.807) is 5.57 Å². The van der Waals surface area contributed by atoms with Gasteiger partial charge in [-0.3, -0.25) is 9.89 Å². The van der Waals surface area contributed by atoms with Crippen molar-refractivity contribution in [3.05, 3.63) is 11.6 Å². The molecule has 2 saturated heterocycles. The number of nitrogens with zero attached hydrogens (tertiary/aromatic N) is 2. The summed E-state index contributed by atoms with van der Waals surface area (Å²) in [6.45, 7) is 7.36. The van der Waals surface area contributed by atoms with Crippen LogP contribution in [0.4, 0.5) is 0 Å². The Morgan fingerprint density at radius 3 is 2.81 bits per heavy atom. The average molecular weight is 365 g/mol. The summed E-state index contributed by atoms with van der Waals surface area (Å²) in [5.41, 5.74) is 1.61. The van der Waals surface area contributed by atoms with Crippen LogP contribution >= 0.6 is 0 Å². The fourth-order valence-electron chi connectivity index (χ4n) is 4.25. The third-order valence-corrected chi connectivity index (χ3v) is 5.85. The van der Waals surface area contributed by atoms with Crippen LogP contribution in [0.3, 0.4) is 0 Å². The number of allylic oxidation sites excluding steroid dienone is 1. The summed E-state index contributed by atoms with van der Waals surface area (Å²) >= 11 is 0. The van der Waals surface area contributed by atoms with Gasteiger partial charge in [0.25, 0.3) is 0 Å². The van der Waals surface area contributed by atoms with Crippen LogP contribution < -0.4 is 10.6 Å². The normalized spacial score (nSPS) is 26.4. The van der Waals surface area contributed by atoms with E-state index in [0.717, 1.165) is 71.4 Å². The van der Waals surface area contributed by atoms with E-state index in [1.165, 1.54) is 25.7 Å². The highest BCUT2D eigenvalue weighted by molar-refractivity contribution is 5.79. The van der Waals surface area contributed by atoms with Gasteiger partial charge in [-0.1, -0.05) is 11.6 Å². The molecular weight excluding hydrogens is 328 g/mol. The van der Waals surface area contributed by atoms with Gasteiger partial charge in [-0.15, -0.1) is 0 Å². The van der Waals surface area contributed by atoms with Crippen molar-refractivity contribution in [2.45, 2.75) is 44.6 Å². The Bertz CT molecular complexity index is 468. The number of ether oxygens (including phenoxy) is 2. The molecule has 3 aliphatic rings. The lowest BCUT2D eigenvalue weighted by Gasteiger charge is -2.37. The van der Waals surface area contributed by atoms with E-state index in [1.807, 2.05) is 7.05 Å². The summed E-state index contributed by atoms with van der Waals surface area (Å²) in [6, 6.07) is 0.487. The highest BCUT2D eigenvalue weighted by atomic mass is 16.5. The van der Waals surface area contributed by atoms with Crippen LogP contribution in [0.1, 0.15) is 38.5 Å². The number of guanidine groups is 1. The number of aliphatic imine (C=N–C) groups is 1. The zero-order valence-corrected chi connectivity index (χ0v) is 16.3. The van der Waals surface area contributed by atoms with E-state index in [-0.39, 0.29) is 0 Å².